The second-order valence-electron chi connectivity index (χ2n) is 6.85. The SMILES string of the molecule is CN(C)CCN1C(=O)C(=O)/C(=C(/O)c2ccc(F)cc2)[C@@H]1c1ccc(F)cc1. The number of likely N-dealkylation sites (N-methyl/N-ethyl adjacent to an activating group) is 1. The molecule has 0 bridgehead atoms. The Morgan fingerprint density at radius 1 is 1.00 bits per heavy atom. The van der Waals surface area contributed by atoms with Gasteiger partial charge in [0.05, 0.1) is 11.6 Å². The zero-order valence-corrected chi connectivity index (χ0v) is 15.5. The largest absolute Gasteiger partial charge is 0.507 e. The number of hydrogen-bond acceptors (Lipinski definition) is 4. The van der Waals surface area contributed by atoms with Gasteiger partial charge in [0, 0.05) is 18.7 Å². The molecule has 1 fully saturated rings. The van der Waals surface area contributed by atoms with Gasteiger partial charge in [-0.25, -0.2) is 8.78 Å². The lowest BCUT2D eigenvalue weighted by Crippen LogP contribution is -2.35. The number of hydrogen-bond donors (Lipinski definition) is 1. The van der Waals surface area contributed by atoms with Gasteiger partial charge in [0.15, 0.2) is 0 Å². The number of carbonyl (C=O) groups is 2. The fourth-order valence-electron chi connectivity index (χ4n) is 3.17. The molecule has 0 aliphatic carbocycles. The van der Waals surface area contributed by atoms with Crippen molar-refractivity contribution < 1.29 is 23.5 Å². The van der Waals surface area contributed by atoms with Crippen molar-refractivity contribution in [1.29, 1.82) is 0 Å². The number of likely N-dealkylation sites (tertiary alicyclic amines) is 1. The molecule has 146 valence electrons. The minimum absolute atomic E-state index is 0.0954. The Kier molecular flexibility index (Phi) is 5.56. The van der Waals surface area contributed by atoms with Crippen LogP contribution in [-0.2, 0) is 9.59 Å². The van der Waals surface area contributed by atoms with Crippen LogP contribution in [0.4, 0.5) is 8.78 Å². The third kappa shape index (κ3) is 3.80. The van der Waals surface area contributed by atoms with Gasteiger partial charge in [-0.3, -0.25) is 9.59 Å². The third-order valence-electron chi connectivity index (χ3n) is 4.63. The average molecular weight is 386 g/mol. The van der Waals surface area contributed by atoms with Gasteiger partial charge in [-0.05, 0) is 56.1 Å². The van der Waals surface area contributed by atoms with E-state index in [1.807, 2.05) is 19.0 Å². The van der Waals surface area contributed by atoms with Crippen molar-refractivity contribution in [3.8, 4) is 0 Å². The maximum absolute atomic E-state index is 13.4. The van der Waals surface area contributed by atoms with Crippen molar-refractivity contribution in [1.82, 2.24) is 9.80 Å². The topological polar surface area (TPSA) is 60.9 Å². The molecular weight excluding hydrogens is 366 g/mol. The summed E-state index contributed by atoms with van der Waals surface area (Å²) >= 11 is 0. The Hall–Kier alpha value is -3.06. The molecule has 7 heteroatoms. The maximum Gasteiger partial charge on any atom is 0.295 e. The number of amides is 1. The molecule has 0 aromatic heterocycles. The molecule has 0 unspecified atom stereocenters. The Labute approximate surface area is 161 Å². The Balaban J connectivity index is 2.13. The lowest BCUT2D eigenvalue weighted by molar-refractivity contribution is -0.140. The van der Waals surface area contributed by atoms with Crippen LogP contribution in [0, 0.1) is 11.6 Å². The molecule has 1 aliphatic rings. The van der Waals surface area contributed by atoms with Crippen LogP contribution in [0.2, 0.25) is 0 Å². The fourth-order valence-corrected chi connectivity index (χ4v) is 3.17. The molecule has 1 aliphatic heterocycles. The number of aliphatic hydroxyl groups is 1. The van der Waals surface area contributed by atoms with Gasteiger partial charge in [0.25, 0.3) is 11.7 Å². The summed E-state index contributed by atoms with van der Waals surface area (Å²) in [5.41, 5.74) is 0.629. The van der Waals surface area contributed by atoms with Crippen molar-refractivity contribution in [2.75, 3.05) is 27.2 Å². The summed E-state index contributed by atoms with van der Waals surface area (Å²) in [6.45, 7) is 0.751. The lowest BCUT2D eigenvalue weighted by Gasteiger charge is -2.26. The van der Waals surface area contributed by atoms with Gasteiger partial charge < -0.3 is 14.9 Å². The van der Waals surface area contributed by atoms with E-state index in [-0.39, 0.29) is 23.4 Å². The molecular formula is C21H20F2N2O3. The lowest BCUT2D eigenvalue weighted by atomic mass is 9.95. The zero-order valence-electron chi connectivity index (χ0n) is 15.5. The highest BCUT2D eigenvalue weighted by atomic mass is 19.1. The number of carbonyl (C=O) groups excluding carboxylic acids is 2. The molecule has 2 aromatic rings. The van der Waals surface area contributed by atoms with Crippen molar-refractivity contribution in [3.05, 3.63) is 76.9 Å². The smallest absolute Gasteiger partial charge is 0.295 e. The van der Waals surface area contributed by atoms with Crippen LogP contribution in [0.15, 0.2) is 54.1 Å². The first-order valence-electron chi connectivity index (χ1n) is 8.74. The first-order chi connectivity index (χ1) is 13.3. The molecule has 28 heavy (non-hydrogen) atoms. The van der Waals surface area contributed by atoms with Crippen LogP contribution < -0.4 is 0 Å². The Morgan fingerprint density at radius 3 is 2.07 bits per heavy atom. The second-order valence-corrected chi connectivity index (χ2v) is 6.85. The van der Waals surface area contributed by atoms with E-state index in [1.54, 1.807) is 0 Å². The summed E-state index contributed by atoms with van der Waals surface area (Å²) in [6.07, 6.45) is 0. The summed E-state index contributed by atoms with van der Waals surface area (Å²) in [4.78, 5) is 28.6. The number of nitrogens with zero attached hydrogens (tertiary/aromatic N) is 2. The quantitative estimate of drug-likeness (QED) is 0.488. The minimum Gasteiger partial charge on any atom is -0.507 e. The highest BCUT2D eigenvalue weighted by Crippen LogP contribution is 2.39. The van der Waals surface area contributed by atoms with Gasteiger partial charge in [-0.1, -0.05) is 12.1 Å². The van der Waals surface area contributed by atoms with Crippen molar-refractivity contribution in [2.24, 2.45) is 0 Å². The summed E-state index contributed by atoms with van der Waals surface area (Å²) < 4.78 is 26.6. The van der Waals surface area contributed by atoms with Crippen LogP contribution in [0.1, 0.15) is 17.2 Å². The Bertz CT molecular complexity index is 922. The highest BCUT2D eigenvalue weighted by molar-refractivity contribution is 6.46. The number of rotatable bonds is 5. The third-order valence-corrected chi connectivity index (χ3v) is 4.63. The van der Waals surface area contributed by atoms with Gasteiger partial charge >= 0.3 is 0 Å². The number of benzene rings is 2. The normalized spacial score (nSPS) is 18.9. The summed E-state index contributed by atoms with van der Waals surface area (Å²) in [7, 11) is 3.67. The monoisotopic (exact) mass is 386 g/mol. The van der Waals surface area contributed by atoms with Gasteiger partial charge in [0.1, 0.15) is 17.4 Å². The van der Waals surface area contributed by atoms with E-state index in [9.17, 15) is 23.5 Å². The van der Waals surface area contributed by atoms with E-state index in [0.29, 0.717) is 12.1 Å². The number of ketones is 1. The molecule has 5 nitrogen and oxygen atoms in total. The molecule has 3 rings (SSSR count). The summed E-state index contributed by atoms with van der Waals surface area (Å²) in [5, 5.41) is 10.8. The first kappa shape index (κ1) is 19.7. The van der Waals surface area contributed by atoms with Crippen LogP contribution in [-0.4, -0.2) is 53.8 Å². The molecule has 1 heterocycles. The fraction of sp³-hybridized carbons (Fsp3) is 0.238. The van der Waals surface area contributed by atoms with Crippen molar-refractivity contribution in [3.63, 3.8) is 0 Å². The molecule has 1 atom stereocenters. The molecule has 0 saturated carbocycles. The van der Waals surface area contributed by atoms with Crippen LogP contribution >= 0.6 is 0 Å². The predicted molar refractivity (Wildman–Crippen MR) is 100 cm³/mol. The van der Waals surface area contributed by atoms with E-state index in [4.69, 9.17) is 0 Å². The average Bonchev–Trinajstić information content (AvgIpc) is 2.91. The number of aliphatic hydroxyl groups excluding tert-OH is 1. The number of Topliss-reactive ketones (excluding diaryl/α,β-unsaturated/α-hetero) is 1. The van der Waals surface area contributed by atoms with E-state index in [0.717, 1.165) is 12.1 Å². The van der Waals surface area contributed by atoms with Gasteiger partial charge in [0.2, 0.25) is 0 Å². The predicted octanol–water partition coefficient (Wildman–Crippen LogP) is 2.95. The maximum atomic E-state index is 13.4. The summed E-state index contributed by atoms with van der Waals surface area (Å²) in [5.74, 6) is -2.89. The van der Waals surface area contributed by atoms with Crippen molar-refractivity contribution in [2.45, 2.75) is 6.04 Å². The number of halogens is 2. The minimum atomic E-state index is -0.856. The summed E-state index contributed by atoms with van der Waals surface area (Å²) in [6, 6.07) is 9.55. The Morgan fingerprint density at radius 2 is 1.54 bits per heavy atom. The molecule has 1 saturated heterocycles. The van der Waals surface area contributed by atoms with Gasteiger partial charge in [-0.15, -0.1) is 0 Å². The molecule has 1 N–H and O–H groups in total. The van der Waals surface area contributed by atoms with Crippen LogP contribution in [0.25, 0.3) is 5.76 Å². The molecule has 1 amide bonds. The van der Waals surface area contributed by atoms with Crippen LogP contribution in [0.3, 0.4) is 0 Å². The van der Waals surface area contributed by atoms with E-state index in [1.165, 1.54) is 41.3 Å². The van der Waals surface area contributed by atoms with E-state index >= 15 is 0 Å². The molecule has 2 aromatic carbocycles. The second kappa shape index (κ2) is 7.90. The van der Waals surface area contributed by atoms with E-state index < -0.39 is 29.4 Å². The van der Waals surface area contributed by atoms with E-state index in [2.05, 4.69) is 0 Å². The molecule has 0 radical (unpaired) electrons. The molecule has 0 spiro atoms. The van der Waals surface area contributed by atoms with Crippen LogP contribution in [0.5, 0.6) is 0 Å². The van der Waals surface area contributed by atoms with Gasteiger partial charge in [-0.2, -0.15) is 0 Å². The standard InChI is InChI=1S/C21H20F2N2O3/c1-24(2)11-12-25-18(13-3-7-15(22)8-4-13)17(20(27)21(25)28)19(26)14-5-9-16(23)10-6-14/h3-10,18,26H,11-12H2,1-2H3/b19-17+/t18-/m0/s1. The highest BCUT2D eigenvalue weighted by Gasteiger charge is 2.45. The first-order valence-corrected chi connectivity index (χ1v) is 8.74. The van der Waals surface area contributed by atoms with Crippen molar-refractivity contribution >= 4 is 17.4 Å². The zero-order chi connectivity index (χ0) is 20.4.